The molecule has 20 heavy (non-hydrogen) atoms. The molecule has 1 amide bonds. The number of aromatic amines is 1. The van der Waals surface area contributed by atoms with Crippen LogP contribution >= 0.6 is 0 Å². The lowest BCUT2D eigenvalue weighted by Crippen LogP contribution is -2.37. The first-order valence-electron chi connectivity index (χ1n) is 7.54. The van der Waals surface area contributed by atoms with Crippen molar-refractivity contribution in [1.29, 1.82) is 0 Å². The Bertz CT molecular complexity index is 492. The third-order valence-corrected chi connectivity index (χ3v) is 5.06. The molecule has 1 aromatic heterocycles. The van der Waals surface area contributed by atoms with Gasteiger partial charge >= 0.3 is 0 Å². The summed E-state index contributed by atoms with van der Waals surface area (Å²) in [5.74, 6) is 0.545. The number of aliphatic hydroxyl groups excluding tert-OH is 1. The highest BCUT2D eigenvalue weighted by atomic mass is 16.3. The van der Waals surface area contributed by atoms with E-state index in [0.29, 0.717) is 18.4 Å². The summed E-state index contributed by atoms with van der Waals surface area (Å²) in [6.07, 6.45) is 4.46. The molecule has 0 spiro atoms. The van der Waals surface area contributed by atoms with Gasteiger partial charge in [-0.25, -0.2) is 0 Å². The van der Waals surface area contributed by atoms with Crippen LogP contribution in [0, 0.1) is 19.8 Å². The Morgan fingerprint density at radius 1 is 1.45 bits per heavy atom. The maximum absolute atomic E-state index is 12.5. The monoisotopic (exact) mass is 277 g/mol. The number of carbonyl (C=O) groups excluding carboxylic acids is 1. The number of carbonyl (C=O) groups is 1. The fourth-order valence-corrected chi connectivity index (χ4v) is 4.00. The van der Waals surface area contributed by atoms with Gasteiger partial charge < -0.3 is 10.0 Å². The first-order chi connectivity index (χ1) is 9.61. The number of nitrogens with one attached hydrogen (secondary N) is 1. The Labute approximate surface area is 119 Å². The number of amides is 1. The molecule has 2 bridgehead atoms. The van der Waals surface area contributed by atoms with E-state index in [0.717, 1.165) is 37.1 Å². The standard InChI is InChI=1S/C15H23N3O2/c1-9-13(10(2)17-16-9)4-6-15(20)18-12-3-5-14(18)11(7-12)8-19/h11-12,14,19H,3-8H2,1-2H3,(H,16,17). The van der Waals surface area contributed by atoms with Crippen LogP contribution < -0.4 is 0 Å². The molecule has 0 radical (unpaired) electrons. The number of fused-ring (bicyclic) bond motifs is 2. The van der Waals surface area contributed by atoms with Crippen molar-refractivity contribution in [2.24, 2.45) is 5.92 Å². The zero-order chi connectivity index (χ0) is 14.3. The topological polar surface area (TPSA) is 69.2 Å². The van der Waals surface area contributed by atoms with Gasteiger partial charge in [-0.1, -0.05) is 0 Å². The predicted molar refractivity (Wildman–Crippen MR) is 75.2 cm³/mol. The molecular formula is C15H23N3O2. The average Bonchev–Trinajstić information content (AvgIpc) is 3.10. The number of aromatic nitrogens is 2. The van der Waals surface area contributed by atoms with Crippen LogP contribution in [0.3, 0.4) is 0 Å². The minimum Gasteiger partial charge on any atom is -0.396 e. The van der Waals surface area contributed by atoms with Gasteiger partial charge in [0.25, 0.3) is 0 Å². The van der Waals surface area contributed by atoms with Crippen LogP contribution in [0.1, 0.15) is 42.6 Å². The highest BCUT2D eigenvalue weighted by Crippen LogP contribution is 2.41. The number of hydrogen-bond acceptors (Lipinski definition) is 3. The molecule has 3 rings (SSSR count). The van der Waals surface area contributed by atoms with Crippen molar-refractivity contribution in [3.8, 4) is 0 Å². The van der Waals surface area contributed by atoms with Crippen molar-refractivity contribution in [2.45, 2.75) is 58.0 Å². The van der Waals surface area contributed by atoms with Crippen molar-refractivity contribution in [2.75, 3.05) is 6.61 Å². The molecule has 3 heterocycles. The van der Waals surface area contributed by atoms with E-state index in [9.17, 15) is 9.90 Å². The third kappa shape index (κ3) is 2.14. The highest BCUT2D eigenvalue weighted by Gasteiger charge is 2.47. The number of aliphatic hydroxyl groups is 1. The molecule has 110 valence electrons. The Morgan fingerprint density at radius 2 is 2.25 bits per heavy atom. The molecule has 2 fully saturated rings. The summed E-state index contributed by atoms with van der Waals surface area (Å²) >= 11 is 0. The molecule has 2 aliphatic rings. The van der Waals surface area contributed by atoms with Crippen LogP contribution in [-0.4, -0.2) is 44.8 Å². The van der Waals surface area contributed by atoms with E-state index >= 15 is 0 Å². The number of aryl methyl sites for hydroxylation is 2. The highest BCUT2D eigenvalue weighted by molar-refractivity contribution is 5.78. The Balaban J connectivity index is 1.63. The zero-order valence-electron chi connectivity index (χ0n) is 12.2. The van der Waals surface area contributed by atoms with E-state index in [-0.39, 0.29) is 18.6 Å². The molecule has 5 heteroatoms. The molecule has 0 aromatic carbocycles. The van der Waals surface area contributed by atoms with Crippen LogP contribution in [0.2, 0.25) is 0 Å². The van der Waals surface area contributed by atoms with Crippen molar-refractivity contribution in [3.05, 3.63) is 17.0 Å². The van der Waals surface area contributed by atoms with Crippen LogP contribution in [0.4, 0.5) is 0 Å². The number of H-pyrrole nitrogens is 1. The fraction of sp³-hybridized carbons (Fsp3) is 0.733. The SMILES string of the molecule is Cc1n[nH]c(C)c1CCC(=O)N1C2CCC1C(CO)C2. The number of nitrogens with zero attached hydrogens (tertiary/aromatic N) is 2. The fourth-order valence-electron chi connectivity index (χ4n) is 4.00. The lowest BCUT2D eigenvalue weighted by Gasteiger charge is -2.23. The molecule has 0 aliphatic carbocycles. The molecule has 3 atom stereocenters. The van der Waals surface area contributed by atoms with Gasteiger partial charge in [-0.05, 0) is 45.1 Å². The Hall–Kier alpha value is -1.36. The minimum absolute atomic E-state index is 0.213. The molecule has 5 nitrogen and oxygen atoms in total. The van der Waals surface area contributed by atoms with E-state index in [4.69, 9.17) is 0 Å². The summed E-state index contributed by atoms with van der Waals surface area (Å²) in [5, 5.41) is 16.5. The van der Waals surface area contributed by atoms with Gasteiger partial charge in [0.05, 0.1) is 5.69 Å². The Morgan fingerprint density at radius 3 is 2.85 bits per heavy atom. The van der Waals surface area contributed by atoms with Crippen molar-refractivity contribution in [1.82, 2.24) is 15.1 Å². The normalized spacial score (nSPS) is 28.4. The summed E-state index contributed by atoms with van der Waals surface area (Å²) in [4.78, 5) is 14.6. The van der Waals surface area contributed by atoms with Crippen LogP contribution in [0.15, 0.2) is 0 Å². The van der Waals surface area contributed by atoms with Crippen LogP contribution in [-0.2, 0) is 11.2 Å². The molecule has 2 aliphatic heterocycles. The van der Waals surface area contributed by atoms with Gasteiger partial charge in [0.1, 0.15) is 0 Å². The molecule has 3 unspecified atom stereocenters. The van der Waals surface area contributed by atoms with Gasteiger partial charge in [0.15, 0.2) is 0 Å². The molecule has 2 N–H and O–H groups in total. The molecule has 1 aromatic rings. The van der Waals surface area contributed by atoms with E-state index in [1.807, 2.05) is 13.8 Å². The van der Waals surface area contributed by atoms with Gasteiger partial charge in [0, 0.05) is 36.7 Å². The zero-order valence-corrected chi connectivity index (χ0v) is 12.2. The van der Waals surface area contributed by atoms with Crippen LogP contribution in [0.25, 0.3) is 0 Å². The smallest absolute Gasteiger partial charge is 0.223 e. The first kappa shape index (κ1) is 13.6. The van der Waals surface area contributed by atoms with Gasteiger partial charge in [-0.2, -0.15) is 5.10 Å². The molecular weight excluding hydrogens is 254 g/mol. The van der Waals surface area contributed by atoms with Crippen molar-refractivity contribution in [3.63, 3.8) is 0 Å². The lowest BCUT2D eigenvalue weighted by atomic mass is 9.90. The largest absolute Gasteiger partial charge is 0.396 e. The summed E-state index contributed by atoms with van der Waals surface area (Å²) in [6, 6.07) is 0.653. The summed E-state index contributed by atoms with van der Waals surface area (Å²) < 4.78 is 0. The summed E-state index contributed by atoms with van der Waals surface area (Å²) in [6.45, 7) is 4.19. The second kappa shape index (κ2) is 5.20. The lowest BCUT2D eigenvalue weighted by molar-refractivity contribution is -0.132. The summed E-state index contributed by atoms with van der Waals surface area (Å²) in [5.41, 5.74) is 3.23. The molecule has 0 saturated carbocycles. The van der Waals surface area contributed by atoms with Crippen molar-refractivity contribution >= 4 is 5.91 Å². The van der Waals surface area contributed by atoms with E-state index in [1.54, 1.807) is 0 Å². The predicted octanol–water partition coefficient (Wildman–Crippen LogP) is 1.33. The van der Waals surface area contributed by atoms with Crippen molar-refractivity contribution < 1.29 is 9.90 Å². The average molecular weight is 277 g/mol. The number of hydrogen-bond donors (Lipinski definition) is 2. The second-order valence-corrected chi connectivity index (χ2v) is 6.19. The van der Waals surface area contributed by atoms with E-state index < -0.39 is 0 Å². The number of rotatable bonds is 4. The van der Waals surface area contributed by atoms with E-state index in [2.05, 4.69) is 15.1 Å². The van der Waals surface area contributed by atoms with Gasteiger partial charge in [-0.3, -0.25) is 9.89 Å². The summed E-state index contributed by atoms with van der Waals surface area (Å²) in [7, 11) is 0. The minimum atomic E-state index is 0.213. The first-order valence-corrected chi connectivity index (χ1v) is 7.54. The Kier molecular flexibility index (Phi) is 3.54. The maximum atomic E-state index is 12.5. The maximum Gasteiger partial charge on any atom is 0.223 e. The quantitative estimate of drug-likeness (QED) is 0.872. The van der Waals surface area contributed by atoms with Crippen LogP contribution in [0.5, 0.6) is 0 Å². The van der Waals surface area contributed by atoms with E-state index in [1.165, 1.54) is 5.56 Å². The van der Waals surface area contributed by atoms with Gasteiger partial charge in [-0.15, -0.1) is 0 Å². The third-order valence-electron chi connectivity index (χ3n) is 5.06. The molecule has 2 saturated heterocycles. The second-order valence-electron chi connectivity index (χ2n) is 6.19. The van der Waals surface area contributed by atoms with Gasteiger partial charge in [0.2, 0.25) is 5.91 Å².